The molecule has 1 aliphatic heterocycles. The molecule has 1 fully saturated rings. The van der Waals surface area contributed by atoms with Crippen LogP contribution in [0.3, 0.4) is 0 Å². The zero-order chi connectivity index (χ0) is 5.98. The molecular weight excluding hydrogens is 102 g/mol. The highest BCUT2D eigenvalue weighted by molar-refractivity contribution is 4.72. The maximum Gasteiger partial charge on any atom is 0.0665 e. The summed E-state index contributed by atoms with van der Waals surface area (Å²) in [6.07, 6.45) is 1.99. The molecule has 0 bridgehead atoms. The van der Waals surface area contributed by atoms with E-state index in [2.05, 4.69) is 12.2 Å². The molecule has 0 spiro atoms. The van der Waals surface area contributed by atoms with Crippen LogP contribution >= 0.6 is 0 Å². The van der Waals surface area contributed by atoms with Crippen molar-refractivity contribution in [3.05, 3.63) is 0 Å². The minimum Gasteiger partial charge on any atom is -0.392 e. The molecule has 2 nitrogen and oxygen atoms in total. The van der Waals surface area contributed by atoms with Crippen molar-refractivity contribution < 1.29 is 5.11 Å². The summed E-state index contributed by atoms with van der Waals surface area (Å²) in [5.74, 6) is 0. The van der Waals surface area contributed by atoms with Gasteiger partial charge in [-0.05, 0) is 19.8 Å². The smallest absolute Gasteiger partial charge is 0.0665 e. The number of aliphatic hydroxyl groups excluding tert-OH is 1. The van der Waals surface area contributed by atoms with Gasteiger partial charge in [0.1, 0.15) is 0 Å². The molecule has 8 heavy (non-hydrogen) atoms. The molecule has 1 saturated heterocycles. The van der Waals surface area contributed by atoms with Crippen LogP contribution in [0.2, 0.25) is 0 Å². The van der Waals surface area contributed by atoms with Crippen LogP contribution in [0, 0.1) is 0 Å². The van der Waals surface area contributed by atoms with Crippen LogP contribution in [0.5, 0.6) is 0 Å². The number of aliphatic hydroxyl groups is 1. The van der Waals surface area contributed by atoms with Crippen molar-refractivity contribution in [2.24, 2.45) is 0 Å². The molecule has 0 amide bonds. The second kappa shape index (κ2) is 2.46. The number of β-amino-alcohol motifs (C(OH)–C–C–N with tert-alkyl or cyclic N) is 1. The van der Waals surface area contributed by atoms with E-state index in [0.29, 0.717) is 6.04 Å². The second-order valence-corrected chi connectivity index (χ2v) is 2.54. The van der Waals surface area contributed by atoms with Gasteiger partial charge in [-0.2, -0.15) is 0 Å². The lowest BCUT2D eigenvalue weighted by atomic mass is 10.0. The highest BCUT2D eigenvalue weighted by Gasteiger charge is 2.13. The van der Waals surface area contributed by atoms with Gasteiger partial charge in [0.05, 0.1) is 6.10 Å². The predicted molar refractivity (Wildman–Crippen MR) is 32.7 cm³/mol. The molecule has 0 aromatic heterocycles. The van der Waals surface area contributed by atoms with Crippen LogP contribution in [0.15, 0.2) is 0 Å². The fraction of sp³-hybridized carbons (Fsp3) is 1.00. The molecule has 0 saturated carbocycles. The summed E-state index contributed by atoms with van der Waals surface area (Å²) in [7, 11) is 0. The van der Waals surface area contributed by atoms with Crippen molar-refractivity contribution in [1.82, 2.24) is 5.32 Å². The molecule has 1 heterocycles. The van der Waals surface area contributed by atoms with Gasteiger partial charge in [-0.3, -0.25) is 0 Å². The third kappa shape index (κ3) is 1.46. The summed E-state index contributed by atoms with van der Waals surface area (Å²) in [5, 5.41) is 12.1. The second-order valence-electron chi connectivity index (χ2n) is 2.54. The molecule has 0 radical (unpaired) electrons. The molecule has 2 atom stereocenters. The molecule has 48 valence electrons. The van der Waals surface area contributed by atoms with Crippen molar-refractivity contribution in [2.45, 2.75) is 31.9 Å². The highest BCUT2D eigenvalue weighted by atomic mass is 16.3. The summed E-state index contributed by atoms with van der Waals surface area (Å²) in [6.45, 7) is 2.92. The van der Waals surface area contributed by atoms with Gasteiger partial charge in [0, 0.05) is 12.6 Å². The Morgan fingerprint density at radius 2 is 2.25 bits per heavy atom. The third-order valence-electron chi connectivity index (χ3n) is 1.63. The van der Waals surface area contributed by atoms with Crippen LogP contribution in [-0.4, -0.2) is 23.8 Å². The Hall–Kier alpha value is -0.0800. The average molecular weight is 115 g/mol. The van der Waals surface area contributed by atoms with E-state index in [9.17, 15) is 0 Å². The molecule has 0 aliphatic carbocycles. The van der Waals surface area contributed by atoms with Gasteiger partial charge >= 0.3 is 0 Å². The fourth-order valence-electron chi connectivity index (χ4n) is 0.984. The van der Waals surface area contributed by atoms with Gasteiger partial charge in [0.15, 0.2) is 0 Å². The van der Waals surface area contributed by atoms with Gasteiger partial charge in [0.25, 0.3) is 0 Å². The average Bonchev–Trinajstić information content (AvgIpc) is 1.77. The van der Waals surface area contributed by atoms with E-state index in [0.717, 1.165) is 19.4 Å². The SMILES string of the molecule is C[C@@H]1CCC(O)CN1. The Kier molecular flexibility index (Phi) is 1.86. The zero-order valence-electron chi connectivity index (χ0n) is 5.22. The normalized spacial score (nSPS) is 39.8. The third-order valence-corrected chi connectivity index (χ3v) is 1.63. The van der Waals surface area contributed by atoms with Gasteiger partial charge in [-0.25, -0.2) is 0 Å². The van der Waals surface area contributed by atoms with Crippen molar-refractivity contribution in [2.75, 3.05) is 6.54 Å². The standard InChI is InChI=1S/C6H13NO/c1-5-2-3-6(8)4-7-5/h5-8H,2-4H2,1H3/t5-,6?/m1/s1. The van der Waals surface area contributed by atoms with Crippen LogP contribution in [0.25, 0.3) is 0 Å². The topological polar surface area (TPSA) is 32.3 Å². The van der Waals surface area contributed by atoms with E-state index in [1.165, 1.54) is 0 Å². The summed E-state index contributed by atoms with van der Waals surface area (Å²) in [6, 6.07) is 0.610. The van der Waals surface area contributed by atoms with E-state index in [1.807, 2.05) is 0 Å². The van der Waals surface area contributed by atoms with Crippen molar-refractivity contribution >= 4 is 0 Å². The lowest BCUT2D eigenvalue weighted by Gasteiger charge is -2.23. The number of nitrogens with one attached hydrogen (secondary N) is 1. The molecule has 0 aromatic carbocycles. The first-order valence-electron chi connectivity index (χ1n) is 3.20. The summed E-state index contributed by atoms with van der Waals surface area (Å²) in [4.78, 5) is 0. The highest BCUT2D eigenvalue weighted by Crippen LogP contribution is 2.05. The lowest BCUT2D eigenvalue weighted by molar-refractivity contribution is 0.129. The molecule has 2 heteroatoms. The lowest BCUT2D eigenvalue weighted by Crippen LogP contribution is -2.39. The number of piperidine rings is 1. The van der Waals surface area contributed by atoms with Crippen LogP contribution < -0.4 is 5.32 Å². The quantitative estimate of drug-likeness (QED) is 0.470. The van der Waals surface area contributed by atoms with Crippen molar-refractivity contribution in [3.63, 3.8) is 0 Å². The predicted octanol–water partition coefficient (Wildman–Crippen LogP) is 0.119. The van der Waals surface area contributed by atoms with E-state index in [4.69, 9.17) is 5.11 Å². The molecule has 1 unspecified atom stereocenters. The van der Waals surface area contributed by atoms with Gasteiger partial charge < -0.3 is 10.4 Å². The Balaban J connectivity index is 2.19. The van der Waals surface area contributed by atoms with E-state index < -0.39 is 0 Å². The van der Waals surface area contributed by atoms with Gasteiger partial charge in [-0.15, -0.1) is 0 Å². The van der Waals surface area contributed by atoms with Gasteiger partial charge in [-0.1, -0.05) is 0 Å². The Labute approximate surface area is 49.9 Å². The zero-order valence-corrected chi connectivity index (χ0v) is 5.22. The first-order valence-corrected chi connectivity index (χ1v) is 3.20. The summed E-state index contributed by atoms with van der Waals surface area (Å²) >= 11 is 0. The van der Waals surface area contributed by atoms with Crippen molar-refractivity contribution in [3.8, 4) is 0 Å². The van der Waals surface area contributed by atoms with Crippen molar-refractivity contribution in [1.29, 1.82) is 0 Å². The molecule has 2 N–H and O–H groups in total. The largest absolute Gasteiger partial charge is 0.392 e. The van der Waals surface area contributed by atoms with E-state index in [-0.39, 0.29) is 6.10 Å². The van der Waals surface area contributed by atoms with Gasteiger partial charge in [0.2, 0.25) is 0 Å². The fourth-order valence-corrected chi connectivity index (χ4v) is 0.984. The maximum atomic E-state index is 8.96. The number of rotatable bonds is 0. The molecule has 0 aromatic rings. The van der Waals surface area contributed by atoms with E-state index in [1.54, 1.807) is 0 Å². The maximum absolute atomic E-state index is 8.96. The molecule has 1 rings (SSSR count). The minimum absolute atomic E-state index is 0.0915. The molecular formula is C6H13NO. The first kappa shape index (κ1) is 6.05. The Bertz CT molecular complexity index is 56.9. The number of hydrogen-bond acceptors (Lipinski definition) is 2. The molecule has 1 aliphatic rings. The van der Waals surface area contributed by atoms with Crippen LogP contribution in [0.4, 0.5) is 0 Å². The minimum atomic E-state index is -0.0915. The summed E-state index contributed by atoms with van der Waals surface area (Å²) in [5.41, 5.74) is 0. The van der Waals surface area contributed by atoms with Crippen LogP contribution in [0.1, 0.15) is 19.8 Å². The Morgan fingerprint density at radius 3 is 2.62 bits per heavy atom. The van der Waals surface area contributed by atoms with Crippen LogP contribution in [-0.2, 0) is 0 Å². The first-order chi connectivity index (χ1) is 3.79. The number of hydrogen-bond donors (Lipinski definition) is 2. The Morgan fingerprint density at radius 1 is 1.50 bits per heavy atom. The van der Waals surface area contributed by atoms with E-state index >= 15 is 0 Å². The summed E-state index contributed by atoms with van der Waals surface area (Å²) < 4.78 is 0. The monoisotopic (exact) mass is 115 g/mol.